The van der Waals surface area contributed by atoms with Gasteiger partial charge >= 0.3 is 0 Å². The van der Waals surface area contributed by atoms with Crippen LogP contribution in [0, 0.1) is 0 Å². The van der Waals surface area contributed by atoms with Crippen LogP contribution in [0.5, 0.6) is 5.75 Å². The molecule has 0 aromatic heterocycles. The third-order valence-electron chi connectivity index (χ3n) is 4.07. The maximum Gasteiger partial charge on any atom is 0.146 e. The van der Waals surface area contributed by atoms with Crippen LogP contribution in [0.25, 0.3) is 0 Å². The number of hydrazone groups is 1. The second-order valence-electron chi connectivity index (χ2n) is 6.80. The fourth-order valence-corrected chi connectivity index (χ4v) is 2.75. The molecule has 116 valence electrons. The van der Waals surface area contributed by atoms with Crippen LogP contribution in [-0.2, 0) is 11.8 Å². The quantitative estimate of drug-likeness (QED) is 0.879. The second-order valence-corrected chi connectivity index (χ2v) is 6.80. The number of hydrogen-bond donors (Lipinski definition) is 2. The lowest BCUT2D eigenvalue weighted by molar-refractivity contribution is 0.444. The van der Waals surface area contributed by atoms with E-state index in [0.29, 0.717) is 11.4 Å². The Labute approximate surface area is 131 Å². The van der Waals surface area contributed by atoms with Crippen molar-refractivity contribution in [2.24, 2.45) is 5.10 Å². The molecule has 1 heterocycles. The molecule has 0 saturated heterocycles. The van der Waals surface area contributed by atoms with E-state index in [2.05, 4.69) is 50.4 Å². The molecule has 4 heteroatoms. The molecule has 1 aliphatic carbocycles. The van der Waals surface area contributed by atoms with Crippen molar-refractivity contribution in [1.29, 1.82) is 0 Å². The highest BCUT2D eigenvalue weighted by Crippen LogP contribution is 2.39. The lowest BCUT2D eigenvalue weighted by Crippen LogP contribution is -2.37. The van der Waals surface area contributed by atoms with Crippen LogP contribution < -0.4 is 10.5 Å². The molecule has 1 aromatic rings. The number of benzene rings is 1. The number of hydrogen-bond acceptors (Lipinski definition) is 4. The average Bonchev–Trinajstić information content (AvgIpc) is 2.90. The highest BCUT2D eigenvalue weighted by molar-refractivity contribution is 6.03. The number of aryl methyl sites for hydroxylation is 1. The van der Waals surface area contributed by atoms with E-state index < -0.39 is 0 Å². The molecule has 0 radical (unpaired) electrons. The van der Waals surface area contributed by atoms with Gasteiger partial charge in [0.1, 0.15) is 11.4 Å². The molecule has 4 nitrogen and oxygen atoms in total. The Morgan fingerprint density at radius 3 is 2.68 bits per heavy atom. The fourth-order valence-electron chi connectivity index (χ4n) is 2.75. The molecule has 3 rings (SSSR count). The molecule has 22 heavy (non-hydrogen) atoms. The van der Waals surface area contributed by atoms with Crippen LogP contribution >= 0.6 is 0 Å². The topological polar surface area (TPSA) is 47.9 Å². The number of phenols is 1. The predicted molar refractivity (Wildman–Crippen MR) is 91.3 cm³/mol. The number of hydrazine groups is 1. The molecule has 0 spiro atoms. The highest BCUT2D eigenvalue weighted by Gasteiger charge is 2.29. The first-order chi connectivity index (χ1) is 10.4. The predicted octanol–water partition coefficient (Wildman–Crippen LogP) is 3.43. The number of nitrogens with zero attached hydrogens (tertiary/aromatic N) is 2. The van der Waals surface area contributed by atoms with Crippen molar-refractivity contribution in [1.82, 2.24) is 5.43 Å². The Morgan fingerprint density at radius 1 is 1.27 bits per heavy atom. The third kappa shape index (κ3) is 2.55. The second kappa shape index (κ2) is 5.29. The maximum atomic E-state index is 10.8. The first kappa shape index (κ1) is 14.9. The molecule has 0 bridgehead atoms. The van der Waals surface area contributed by atoms with E-state index in [1.807, 2.05) is 24.3 Å². The van der Waals surface area contributed by atoms with E-state index in [1.165, 1.54) is 5.56 Å². The first-order valence-electron chi connectivity index (χ1n) is 7.76. The summed E-state index contributed by atoms with van der Waals surface area (Å²) >= 11 is 0. The number of phenolic OH excluding ortho intramolecular Hbond substituents is 1. The largest absolute Gasteiger partial charge is 0.505 e. The normalized spacial score (nSPS) is 20.3. The highest BCUT2D eigenvalue weighted by atomic mass is 16.3. The van der Waals surface area contributed by atoms with E-state index in [1.54, 1.807) is 5.12 Å². The Balaban J connectivity index is 2.06. The summed E-state index contributed by atoms with van der Waals surface area (Å²) in [6.07, 6.45) is 8.95. The number of anilines is 1. The minimum Gasteiger partial charge on any atom is -0.505 e. The van der Waals surface area contributed by atoms with E-state index in [-0.39, 0.29) is 11.5 Å². The lowest BCUT2D eigenvalue weighted by atomic mass is 9.84. The SMILES string of the molecule is CCc1cc(N2N=C3C=CC=CC3N2)c(O)c(C(C)(C)C)c1. The number of fused-ring (bicyclic) bond motifs is 1. The average molecular weight is 297 g/mol. The van der Waals surface area contributed by atoms with Crippen LogP contribution in [0.1, 0.15) is 38.8 Å². The van der Waals surface area contributed by atoms with Crippen molar-refractivity contribution < 1.29 is 5.11 Å². The van der Waals surface area contributed by atoms with Crippen LogP contribution in [0.4, 0.5) is 5.69 Å². The molecule has 0 fully saturated rings. The Bertz CT molecular complexity index is 680. The zero-order valence-electron chi connectivity index (χ0n) is 13.6. The van der Waals surface area contributed by atoms with Gasteiger partial charge in [0.25, 0.3) is 0 Å². The van der Waals surface area contributed by atoms with E-state index >= 15 is 0 Å². The summed E-state index contributed by atoms with van der Waals surface area (Å²) in [6, 6.07) is 4.18. The fraction of sp³-hybridized carbons (Fsp3) is 0.389. The minimum absolute atomic E-state index is 0.0766. The van der Waals surface area contributed by atoms with Gasteiger partial charge in [-0.05, 0) is 29.5 Å². The van der Waals surface area contributed by atoms with E-state index in [0.717, 1.165) is 17.7 Å². The van der Waals surface area contributed by atoms with Crippen LogP contribution in [0.15, 0.2) is 41.5 Å². The van der Waals surface area contributed by atoms with Gasteiger partial charge in [0.05, 0.1) is 11.8 Å². The summed E-state index contributed by atoms with van der Waals surface area (Å²) in [5, 5.41) is 17.0. The smallest absolute Gasteiger partial charge is 0.146 e. The maximum absolute atomic E-state index is 10.8. The number of rotatable bonds is 2. The molecule has 2 N–H and O–H groups in total. The minimum atomic E-state index is -0.122. The number of aromatic hydroxyl groups is 1. The number of nitrogens with one attached hydrogen (secondary N) is 1. The molecule has 1 atom stereocenters. The van der Waals surface area contributed by atoms with Gasteiger partial charge in [-0.3, -0.25) is 0 Å². The van der Waals surface area contributed by atoms with Gasteiger partial charge in [-0.15, -0.1) is 0 Å². The van der Waals surface area contributed by atoms with Crippen molar-refractivity contribution in [2.75, 3.05) is 5.12 Å². The van der Waals surface area contributed by atoms with Crippen molar-refractivity contribution in [3.05, 3.63) is 47.6 Å². The molecule has 1 unspecified atom stereocenters. The van der Waals surface area contributed by atoms with Crippen molar-refractivity contribution in [3.63, 3.8) is 0 Å². The molecule has 1 aliphatic heterocycles. The summed E-state index contributed by atoms with van der Waals surface area (Å²) in [4.78, 5) is 0. The summed E-state index contributed by atoms with van der Waals surface area (Å²) in [5.74, 6) is 0.299. The molecule has 0 amide bonds. The standard InChI is InChI=1S/C18H23N3O/c1-5-12-10-13(18(2,3)4)17(22)16(11-12)21-19-14-8-6-7-9-15(14)20-21/h6-11,14,19,22H,5H2,1-4H3. The molecular formula is C18H23N3O. The zero-order valence-corrected chi connectivity index (χ0v) is 13.6. The third-order valence-corrected chi connectivity index (χ3v) is 4.07. The Hall–Kier alpha value is -2.07. The zero-order chi connectivity index (χ0) is 15.9. The summed E-state index contributed by atoms with van der Waals surface area (Å²) in [7, 11) is 0. The van der Waals surface area contributed by atoms with Gasteiger partial charge in [0.2, 0.25) is 0 Å². The van der Waals surface area contributed by atoms with Crippen molar-refractivity contribution in [2.45, 2.75) is 45.6 Å². The molecule has 1 aromatic carbocycles. The monoisotopic (exact) mass is 297 g/mol. The van der Waals surface area contributed by atoms with Crippen molar-refractivity contribution >= 4 is 11.4 Å². The molecule has 0 saturated carbocycles. The first-order valence-corrected chi connectivity index (χ1v) is 7.76. The summed E-state index contributed by atoms with van der Waals surface area (Å²) in [5.41, 5.74) is 7.01. The lowest BCUT2D eigenvalue weighted by Gasteiger charge is -2.26. The summed E-state index contributed by atoms with van der Waals surface area (Å²) in [6.45, 7) is 8.45. The van der Waals surface area contributed by atoms with Crippen molar-refractivity contribution in [3.8, 4) is 5.75 Å². The summed E-state index contributed by atoms with van der Waals surface area (Å²) < 4.78 is 0. The number of allylic oxidation sites excluding steroid dienone is 2. The van der Waals surface area contributed by atoms with Gasteiger partial charge in [0, 0.05) is 5.56 Å². The Morgan fingerprint density at radius 2 is 2.05 bits per heavy atom. The van der Waals surface area contributed by atoms with Gasteiger partial charge < -0.3 is 5.11 Å². The van der Waals surface area contributed by atoms with Gasteiger partial charge in [0.15, 0.2) is 0 Å². The molecular weight excluding hydrogens is 274 g/mol. The van der Waals surface area contributed by atoms with Gasteiger partial charge in [-0.1, -0.05) is 52.0 Å². The van der Waals surface area contributed by atoms with Gasteiger partial charge in [-0.25, -0.2) is 0 Å². The van der Waals surface area contributed by atoms with E-state index in [4.69, 9.17) is 0 Å². The van der Waals surface area contributed by atoms with Crippen LogP contribution in [-0.4, -0.2) is 16.9 Å². The molecule has 2 aliphatic rings. The van der Waals surface area contributed by atoms with E-state index in [9.17, 15) is 5.11 Å². The Kier molecular flexibility index (Phi) is 3.57. The van der Waals surface area contributed by atoms with Crippen LogP contribution in [0.3, 0.4) is 0 Å². The van der Waals surface area contributed by atoms with Crippen LogP contribution in [0.2, 0.25) is 0 Å². The van der Waals surface area contributed by atoms with Gasteiger partial charge in [-0.2, -0.15) is 15.6 Å².